The van der Waals surface area contributed by atoms with Gasteiger partial charge in [-0.1, -0.05) is 85.2 Å². The number of benzene rings is 1. The third-order valence-corrected chi connectivity index (χ3v) is 10.6. The molecule has 0 saturated carbocycles. The van der Waals surface area contributed by atoms with E-state index < -0.39 is 60.2 Å². The van der Waals surface area contributed by atoms with Crippen molar-refractivity contribution in [3.05, 3.63) is 35.9 Å². The molecule has 294 valence electrons. The molecule has 13 nitrogen and oxygen atoms in total. The van der Waals surface area contributed by atoms with Gasteiger partial charge in [-0.05, 0) is 43.2 Å². The van der Waals surface area contributed by atoms with Crippen molar-refractivity contribution in [2.24, 2.45) is 23.7 Å². The Balaban J connectivity index is 2.26. The van der Waals surface area contributed by atoms with Crippen molar-refractivity contribution in [1.29, 1.82) is 0 Å². The molecule has 1 saturated heterocycles. The maximum atomic E-state index is 14.1. The number of carbonyl (C=O) groups excluding carboxylic acids is 4. The van der Waals surface area contributed by atoms with E-state index in [0.29, 0.717) is 19.4 Å². The van der Waals surface area contributed by atoms with Gasteiger partial charge in [-0.15, -0.1) is 0 Å². The van der Waals surface area contributed by atoms with Gasteiger partial charge in [-0.2, -0.15) is 0 Å². The molecule has 1 aliphatic rings. The normalized spacial score (nSPS) is 19.2. The molecule has 0 aromatic heterocycles. The van der Waals surface area contributed by atoms with E-state index >= 15 is 0 Å². The van der Waals surface area contributed by atoms with Crippen LogP contribution in [0.25, 0.3) is 0 Å². The quantitative estimate of drug-likeness (QED) is 0.149. The molecule has 0 radical (unpaired) electrons. The SMILES string of the molecule is CC[C@H](C)[C@@H](C(CC(=O)N1CCC[C@H]1[C@H](OC)C(C)C(=O)NC(Cc1ccccc1)C(=O)O)OC)N(C)C(=O)[C@@H](NC(=O)[C@@H](NC)C(C)C)C(C)C. The minimum atomic E-state index is -1.14. The summed E-state index contributed by atoms with van der Waals surface area (Å²) in [6, 6.07) is 5.84. The molecule has 2 rings (SSSR count). The van der Waals surface area contributed by atoms with Crippen LogP contribution in [0.15, 0.2) is 30.3 Å². The largest absolute Gasteiger partial charge is 0.480 e. The third-order valence-electron chi connectivity index (χ3n) is 10.6. The average molecular weight is 732 g/mol. The molecule has 9 atom stereocenters. The second-order valence-electron chi connectivity index (χ2n) is 14.9. The second kappa shape index (κ2) is 21.2. The van der Waals surface area contributed by atoms with Crippen molar-refractivity contribution in [2.45, 2.75) is 123 Å². The number of carbonyl (C=O) groups is 5. The Morgan fingerprint density at radius 2 is 1.54 bits per heavy atom. The van der Waals surface area contributed by atoms with Gasteiger partial charge in [-0.25, -0.2) is 4.79 Å². The molecule has 1 fully saturated rings. The van der Waals surface area contributed by atoms with E-state index in [1.807, 2.05) is 71.9 Å². The minimum absolute atomic E-state index is 0.0112. The number of amides is 4. The number of ether oxygens (including phenoxy) is 2. The van der Waals surface area contributed by atoms with Crippen LogP contribution in [0.2, 0.25) is 0 Å². The Morgan fingerprint density at radius 1 is 0.923 bits per heavy atom. The summed E-state index contributed by atoms with van der Waals surface area (Å²) in [7, 11) is 6.46. The van der Waals surface area contributed by atoms with E-state index in [4.69, 9.17) is 9.47 Å². The number of aliphatic carboxylic acids is 1. The number of methoxy groups -OCH3 is 2. The van der Waals surface area contributed by atoms with Crippen LogP contribution < -0.4 is 16.0 Å². The van der Waals surface area contributed by atoms with Crippen LogP contribution in [0, 0.1) is 23.7 Å². The van der Waals surface area contributed by atoms with E-state index in [1.165, 1.54) is 14.2 Å². The highest BCUT2D eigenvalue weighted by Crippen LogP contribution is 2.29. The smallest absolute Gasteiger partial charge is 0.326 e. The fourth-order valence-corrected chi connectivity index (χ4v) is 7.40. The van der Waals surface area contributed by atoms with Crippen LogP contribution in [-0.2, 0) is 39.9 Å². The van der Waals surface area contributed by atoms with Gasteiger partial charge in [-0.3, -0.25) is 19.2 Å². The first kappa shape index (κ1) is 44.6. The van der Waals surface area contributed by atoms with Crippen LogP contribution in [-0.4, -0.2) is 122 Å². The fraction of sp³-hybridized carbons (Fsp3) is 0.718. The average Bonchev–Trinajstić information content (AvgIpc) is 3.59. The Labute approximate surface area is 310 Å². The zero-order valence-electron chi connectivity index (χ0n) is 33.2. The molecule has 1 aromatic rings. The van der Waals surface area contributed by atoms with Crippen molar-refractivity contribution in [3.63, 3.8) is 0 Å². The van der Waals surface area contributed by atoms with Gasteiger partial charge in [0.15, 0.2) is 0 Å². The van der Waals surface area contributed by atoms with Gasteiger partial charge in [0.1, 0.15) is 12.1 Å². The number of nitrogens with zero attached hydrogens (tertiary/aromatic N) is 2. The Morgan fingerprint density at radius 3 is 2.04 bits per heavy atom. The van der Waals surface area contributed by atoms with Crippen molar-refractivity contribution in [3.8, 4) is 0 Å². The van der Waals surface area contributed by atoms with Crippen LogP contribution in [0.3, 0.4) is 0 Å². The second-order valence-corrected chi connectivity index (χ2v) is 14.9. The number of nitrogens with one attached hydrogen (secondary N) is 3. The zero-order chi connectivity index (χ0) is 39.3. The molecule has 13 heteroatoms. The molecule has 1 heterocycles. The molecular formula is C39H65N5O8. The number of hydrogen-bond donors (Lipinski definition) is 4. The van der Waals surface area contributed by atoms with Crippen molar-refractivity contribution >= 4 is 29.6 Å². The standard InChI is InChI=1S/C39H65N5O8/c1-12-25(6)34(43(9)38(48)33(24(4)5)42-37(47)32(40-8)23(2)3)30(51-10)22-31(45)44-20-16-19-29(44)35(52-11)26(7)36(46)41-28(39(49)50)21-27-17-14-13-15-18-27/h13-15,17-18,23-26,28-30,32-35,40H,12,16,19-22H2,1-11H3,(H,41,46)(H,42,47)(H,49,50)/t25-,26?,28?,29-,30?,32-,33-,34-,35+/m0/s1. The maximum Gasteiger partial charge on any atom is 0.326 e. The molecule has 4 N–H and O–H groups in total. The lowest BCUT2D eigenvalue weighted by atomic mass is 9.89. The van der Waals surface area contributed by atoms with Crippen molar-refractivity contribution in [1.82, 2.24) is 25.8 Å². The molecule has 0 bridgehead atoms. The van der Waals surface area contributed by atoms with Crippen molar-refractivity contribution in [2.75, 3.05) is 34.9 Å². The van der Waals surface area contributed by atoms with Gasteiger partial charge in [0.2, 0.25) is 23.6 Å². The lowest BCUT2D eigenvalue weighted by molar-refractivity contribution is -0.148. The summed E-state index contributed by atoms with van der Waals surface area (Å²) in [5.74, 6) is -3.27. The van der Waals surface area contributed by atoms with Crippen LogP contribution in [0.4, 0.5) is 0 Å². The number of carboxylic acid groups (broad SMARTS) is 1. The number of rotatable bonds is 21. The highest BCUT2D eigenvalue weighted by atomic mass is 16.5. The maximum absolute atomic E-state index is 14.1. The molecule has 1 aromatic carbocycles. The number of likely N-dealkylation sites (tertiary alicyclic amines) is 1. The van der Waals surface area contributed by atoms with Gasteiger partial charge < -0.3 is 40.3 Å². The Bertz CT molecular complexity index is 1310. The topological polar surface area (TPSA) is 167 Å². The predicted octanol–water partition coefficient (Wildman–Crippen LogP) is 3.10. The third kappa shape index (κ3) is 11.7. The monoisotopic (exact) mass is 731 g/mol. The molecule has 0 aliphatic carbocycles. The fourth-order valence-electron chi connectivity index (χ4n) is 7.40. The lowest BCUT2D eigenvalue weighted by Crippen LogP contribution is -2.59. The first-order chi connectivity index (χ1) is 24.5. The van der Waals surface area contributed by atoms with E-state index in [1.54, 1.807) is 30.8 Å². The molecule has 0 spiro atoms. The number of hydrogen-bond acceptors (Lipinski definition) is 8. The Hall–Kier alpha value is -3.55. The van der Waals surface area contributed by atoms with Crippen LogP contribution >= 0.6 is 0 Å². The summed E-state index contributed by atoms with van der Waals surface area (Å²) in [6.45, 7) is 13.9. The molecule has 3 unspecified atom stereocenters. The molecular weight excluding hydrogens is 666 g/mol. The molecule has 52 heavy (non-hydrogen) atoms. The van der Waals surface area contributed by atoms with Crippen molar-refractivity contribution < 1.29 is 38.6 Å². The van der Waals surface area contributed by atoms with E-state index in [0.717, 1.165) is 12.0 Å². The van der Waals surface area contributed by atoms with Crippen LogP contribution in [0.5, 0.6) is 0 Å². The lowest BCUT2D eigenvalue weighted by Gasteiger charge is -2.41. The van der Waals surface area contributed by atoms with Crippen LogP contribution in [0.1, 0.15) is 79.7 Å². The Kier molecular flexibility index (Phi) is 18.2. The number of carboxylic acids is 1. The summed E-state index contributed by atoms with van der Waals surface area (Å²) in [5, 5.41) is 18.5. The first-order valence-electron chi connectivity index (χ1n) is 18.7. The van der Waals surface area contributed by atoms with E-state index in [9.17, 15) is 29.1 Å². The summed E-state index contributed by atoms with van der Waals surface area (Å²) in [5.41, 5.74) is 0.785. The molecule has 4 amide bonds. The van der Waals surface area contributed by atoms with Gasteiger partial charge in [0.25, 0.3) is 0 Å². The van der Waals surface area contributed by atoms with E-state index in [2.05, 4.69) is 16.0 Å². The minimum Gasteiger partial charge on any atom is -0.480 e. The summed E-state index contributed by atoms with van der Waals surface area (Å²) in [6.07, 6.45) is 0.818. The highest BCUT2D eigenvalue weighted by Gasteiger charge is 2.43. The predicted molar refractivity (Wildman–Crippen MR) is 200 cm³/mol. The van der Waals surface area contributed by atoms with Gasteiger partial charge in [0, 0.05) is 34.2 Å². The van der Waals surface area contributed by atoms with E-state index in [-0.39, 0.29) is 48.3 Å². The highest BCUT2D eigenvalue weighted by molar-refractivity contribution is 5.90. The summed E-state index contributed by atoms with van der Waals surface area (Å²) >= 11 is 0. The van der Waals surface area contributed by atoms with Gasteiger partial charge >= 0.3 is 5.97 Å². The first-order valence-corrected chi connectivity index (χ1v) is 18.7. The number of likely N-dealkylation sites (N-methyl/N-ethyl adjacent to an activating group) is 2. The van der Waals surface area contributed by atoms with Gasteiger partial charge in [0.05, 0.1) is 42.7 Å². The molecule has 1 aliphatic heterocycles. The summed E-state index contributed by atoms with van der Waals surface area (Å²) < 4.78 is 11.8. The zero-order valence-corrected chi connectivity index (χ0v) is 33.2. The summed E-state index contributed by atoms with van der Waals surface area (Å²) in [4.78, 5) is 70.3.